The van der Waals surface area contributed by atoms with Gasteiger partial charge >= 0.3 is 0 Å². The van der Waals surface area contributed by atoms with Crippen molar-refractivity contribution in [3.63, 3.8) is 0 Å². The molecule has 3 nitrogen and oxygen atoms in total. The van der Waals surface area contributed by atoms with Gasteiger partial charge in [0.05, 0.1) is 0 Å². The fourth-order valence-corrected chi connectivity index (χ4v) is 2.66. The van der Waals surface area contributed by atoms with E-state index in [-0.39, 0.29) is 5.91 Å². The first kappa shape index (κ1) is 14.4. The SMILES string of the molecule is CCCCNC(=O)c1c(-c2ccccc2)cc2ccccn12. The molecule has 0 spiro atoms. The highest BCUT2D eigenvalue weighted by Crippen LogP contribution is 2.27. The normalized spacial score (nSPS) is 10.8. The summed E-state index contributed by atoms with van der Waals surface area (Å²) in [4.78, 5) is 12.7. The molecule has 2 aromatic heterocycles. The van der Waals surface area contributed by atoms with Crippen LogP contribution in [0.5, 0.6) is 0 Å². The molecule has 1 amide bonds. The predicted octanol–water partition coefficient (Wildman–Crippen LogP) is 4.14. The van der Waals surface area contributed by atoms with Crippen LogP contribution in [0.15, 0.2) is 60.8 Å². The number of nitrogens with one attached hydrogen (secondary N) is 1. The largest absolute Gasteiger partial charge is 0.351 e. The number of carbonyl (C=O) groups is 1. The van der Waals surface area contributed by atoms with Crippen LogP contribution in [-0.4, -0.2) is 16.9 Å². The molecule has 0 aliphatic carbocycles. The van der Waals surface area contributed by atoms with Crippen LogP contribution in [-0.2, 0) is 0 Å². The summed E-state index contributed by atoms with van der Waals surface area (Å²) in [5, 5.41) is 3.03. The maximum Gasteiger partial charge on any atom is 0.268 e. The standard InChI is InChI=1S/C19H20N2O/c1-2-3-12-20-19(22)18-17(15-9-5-4-6-10-15)14-16-11-7-8-13-21(16)18/h4-11,13-14H,2-3,12H2,1H3,(H,20,22). The Balaban J connectivity index is 2.07. The zero-order chi connectivity index (χ0) is 15.4. The quantitative estimate of drug-likeness (QED) is 0.705. The van der Waals surface area contributed by atoms with E-state index in [0.717, 1.165) is 29.5 Å². The van der Waals surface area contributed by atoms with Gasteiger partial charge in [0.15, 0.2) is 0 Å². The second-order valence-electron chi connectivity index (χ2n) is 5.38. The Morgan fingerprint density at radius 3 is 2.64 bits per heavy atom. The van der Waals surface area contributed by atoms with Gasteiger partial charge in [-0.3, -0.25) is 4.79 Å². The molecule has 1 N–H and O–H groups in total. The number of hydrogen-bond donors (Lipinski definition) is 1. The Hall–Kier alpha value is -2.55. The molecule has 1 aromatic carbocycles. The zero-order valence-electron chi connectivity index (χ0n) is 12.8. The molecule has 112 valence electrons. The van der Waals surface area contributed by atoms with E-state index in [1.165, 1.54) is 0 Å². The average molecular weight is 292 g/mol. The molecule has 0 aliphatic rings. The number of carbonyl (C=O) groups excluding carboxylic acids is 1. The lowest BCUT2D eigenvalue weighted by atomic mass is 10.1. The molecule has 0 bridgehead atoms. The smallest absolute Gasteiger partial charge is 0.268 e. The van der Waals surface area contributed by atoms with E-state index in [1.807, 2.05) is 59.1 Å². The van der Waals surface area contributed by atoms with Crippen molar-refractivity contribution in [2.75, 3.05) is 6.54 Å². The number of benzene rings is 1. The van der Waals surface area contributed by atoms with E-state index >= 15 is 0 Å². The fourth-order valence-electron chi connectivity index (χ4n) is 2.66. The first-order valence-corrected chi connectivity index (χ1v) is 7.75. The number of unbranched alkanes of at least 4 members (excludes halogenated alkanes) is 1. The highest BCUT2D eigenvalue weighted by Gasteiger charge is 2.18. The molecule has 2 heterocycles. The minimum atomic E-state index is -0.0153. The lowest BCUT2D eigenvalue weighted by molar-refractivity contribution is 0.0948. The van der Waals surface area contributed by atoms with Gasteiger partial charge in [0.25, 0.3) is 5.91 Å². The second-order valence-corrected chi connectivity index (χ2v) is 5.38. The lowest BCUT2D eigenvalue weighted by Gasteiger charge is -2.08. The van der Waals surface area contributed by atoms with E-state index in [0.29, 0.717) is 12.2 Å². The maximum absolute atomic E-state index is 12.7. The van der Waals surface area contributed by atoms with Gasteiger partial charge < -0.3 is 9.72 Å². The van der Waals surface area contributed by atoms with Crippen molar-refractivity contribution in [1.29, 1.82) is 0 Å². The fraction of sp³-hybridized carbons (Fsp3) is 0.211. The van der Waals surface area contributed by atoms with Crippen LogP contribution in [0.1, 0.15) is 30.3 Å². The van der Waals surface area contributed by atoms with Crippen LogP contribution in [0.4, 0.5) is 0 Å². The van der Waals surface area contributed by atoms with E-state index in [4.69, 9.17) is 0 Å². The maximum atomic E-state index is 12.7. The van der Waals surface area contributed by atoms with Crippen molar-refractivity contribution in [3.8, 4) is 11.1 Å². The molecular weight excluding hydrogens is 272 g/mol. The average Bonchev–Trinajstić information content (AvgIpc) is 2.95. The second kappa shape index (κ2) is 6.48. The summed E-state index contributed by atoms with van der Waals surface area (Å²) in [6.07, 6.45) is 4.01. The number of hydrogen-bond acceptors (Lipinski definition) is 1. The predicted molar refractivity (Wildman–Crippen MR) is 90.1 cm³/mol. The lowest BCUT2D eigenvalue weighted by Crippen LogP contribution is -2.26. The summed E-state index contributed by atoms with van der Waals surface area (Å²) in [7, 11) is 0. The third kappa shape index (κ3) is 2.75. The van der Waals surface area contributed by atoms with Crippen molar-refractivity contribution < 1.29 is 4.79 Å². The monoisotopic (exact) mass is 292 g/mol. The van der Waals surface area contributed by atoms with Gasteiger partial charge in [-0.15, -0.1) is 0 Å². The third-order valence-corrected chi connectivity index (χ3v) is 3.80. The molecule has 0 radical (unpaired) electrons. The Morgan fingerprint density at radius 2 is 1.86 bits per heavy atom. The van der Waals surface area contributed by atoms with Gasteiger partial charge in [-0.05, 0) is 30.2 Å². The Bertz CT molecular complexity index is 774. The number of aromatic nitrogens is 1. The molecule has 0 saturated carbocycles. The van der Waals surface area contributed by atoms with E-state index in [2.05, 4.69) is 18.3 Å². The highest BCUT2D eigenvalue weighted by atomic mass is 16.1. The molecule has 0 atom stereocenters. The molecule has 22 heavy (non-hydrogen) atoms. The van der Waals surface area contributed by atoms with Crippen LogP contribution < -0.4 is 5.32 Å². The molecule has 0 saturated heterocycles. The van der Waals surface area contributed by atoms with Crippen molar-refractivity contribution in [3.05, 3.63) is 66.5 Å². The first-order chi connectivity index (χ1) is 10.8. The number of pyridine rings is 1. The van der Waals surface area contributed by atoms with Crippen molar-refractivity contribution in [1.82, 2.24) is 9.72 Å². The van der Waals surface area contributed by atoms with Crippen molar-refractivity contribution in [2.45, 2.75) is 19.8 Å². The first-order valence-electron chi connectivity index (χ1n) is 7.75. The highest BCUT2D eigenvalue weighted by molar-refractivity contribution is 6.01. The van der Waals surface area contributed by atoms with Gasteiger partial charge in [-0.1, -0.05) is 49.7 Å². The number of rotatable bonds is 5. The van der Waals surface area contributed by atoms with E-state index in [1.54, 1.807) is 0 Å². The molecule has 3 heteroatoms. The van der Waals surface area contributed by atoms with Gasteiger partial charge in [0.2, 0.25) is 0 Å². The van der Waals surface area contributed by atoms with E-state index in [9.17, 15) is 4.79 Å². The summed E-state index contributed by atoms with van der Waals surface area (Å²) in [5.41, 5.74) is 3.77. The third-order valence-electron chi connectivity index (χ3n) is 3.80. The molecule has 3 rings (SSSR count). The Morgan fingerprint density at radius 1 is 1.09 bits per heavy atom. The minimum Gasteiger partial charge on any atom is -0.351 e. The van der Waals surface area contributed by atoms with Gasteiger partial charge in [0.1, 0.15) is 5.69 Å². The minimum absolute atomic E-state index is 0.0153. The number of nitrogens with zero attached hydrogens (tertiary/aromatic N) is 1. The summed E-state index contributed by atoms with van der Waals surface area (Å²) in [5.74, 6) is -0.0153. The van der Waals surface area contributed by atoms with Gasteiger partial charge in [-0.25, -0.2) is 0 Å². The van der Waals surface area contributed by atoms with Gasteiger partial charge in [-0.2, -0.15) is 0 Å². The van der Waals surface area contributed by atoms with Crippen LogP contribution in [0.25, 0.3) is 16.6 Å². The van der Waals surface area contributed by atoms with E-state index < -0.39 is 0 Å². The van der Waals surface area contributed by atoms with Crippen molar-refractivity contribution >= 4 is 11.4 Å². The molecule has 0 fully saturated rings. The number of fused-ring (bicyclic) bond motifs is 1. The zero-order valence-corrected chi connectivity index (χ0v) is 12.8. The molecule has 0 unspecified atom stereocenters. The Kier molecular flexibility index (Phi) is 4.24. The van der Waals surface area contributed by atoms with Crippen LogP contribution >= 0.6 is 0 Å². The molecule has 3 aromatic rings. The van der Waals surface area contributed by atoms with Crippen molar-refractivity contribution in [2.24, 2.45) is 0 Å². The van der Waals surface area contributed by atoms with Crippen LogP contribution in [0, 0.1) is 0 Å². The molecule has 0 aliphatic heterocycles. The topological polar surface area (TPSA) is 33.5 Å². The van der Waals surface area contributed by atoms with Gasteiger partial charge in [0, 0.05) is 23.8 Å². The summed E-state index contributed by atoms with van der Waals surface area (Å²) >= 11 is 0. The Labute approximate surface area is 130 Å². The summed E-state index contributed by atoms with van der Waals surface area (Å²) in [6, 6.07) is 18.1. The number of amides is 1. The molecular formula is C19H20N2O. The van der Waals surface area contributed by atoms with Crippen LogP contribution in [0.3, 0.4) is 0 Å². The summed E-state index contributed by atoms with van der Waals surface area (Å²) in [6.45, 7) is 2.83. The summed E-state index contributed by atoms with van der Waals surface area (Å²) < 4.78 is 1.96. The van der Waals surface area contributed by atoms with Crippen LogP contribution in [0.2, 0.25) is 0 Å².